The van der Waals surface area contributed by atoms with E-state index < -0.39 is 36.9 Å². The molecular weight excluding hydrogens is 1490 g/mol. The van der Waals surface area contributed by atoms with Gasteiger partial charge >= 0.3 is 26.1 Å². The van der Waals surface area contributed by atoms with Crippen LogP contribution in [-0.4, -0.2) is 35.3 Å². The number of rotatable bonds is 18. The average Bonchev–Trinajstić information content (AvgIpc) is 0.786. The lowest BCUT2D eigenvalue weighted by atomic mass is 9.78. The summed E-state index contributed by atoms with van der Waals surface area (Å²) in [5.74, 6) is 3.32. The number of carbonyl (C=O) groups is 3. The van der Waals surface area contributed by atoms with Gasteiger partial charge in [0.2, 0.25) is 0 Å². The molecule has 0 saturated heterocycles. The van der Waals surface area contributed by atoms with Gasteiger partial charge in [0, 0.05) is 21.7 Å². The number of ether oxygens (including phenoxy) is 6. The molecule has 1 unspecified atom stereocenters. The van der Waals surface area contributed by atoms with E-state index in [1.807, 2.05) is 123 Å². The Kier molecular flexibility index (Phi) is 22.3. The third-order valence-corrected chi connectivity index (χ3v) is 19.6. The van der Waals surface area contributed by atoms with E-state index in [2.05, 4.69) is 105 Å². The fourth-order valence-electron chi connectivity index (χ4n) is 10.2. The van der Waals surface area contributed by atoms with Gasteiger partial charge in [0.15, 0.2) is 11.5 Å². The molecule has 0 saturated carbocycles. The molecule has 0 heterocycles. The normalized spacial score (nSPS) is 12.2. The first-order chi connectivity index (χ1) is 45.0. The second kappa shape index (κ2) is 30.0. The molecule has 10 aromatic carbocycles. The zero-order valence-corrected chi connectivity index (χ0v) is 60.4. The number of para-hydroxylation sites is 2. The fourth-order valence-corrected chi connectivity index (χ4v) is 13.9. The van der Waals surface area contributed by atoms with Crippen LogP contribution < -0.4 is 37.5 Å². The van der Waals surface area contributed by atoms with Crippen molar-refractivity contribution in [1.82, 2.24) is 0 Å². The molecule has 19 heteroatoms. The quantitative estimate of drug-likeness (QED) is 0.0470. The van der Waals surface area contributed by atoms with E-state index in [9.17, 15) is 29.2 Å². The maximum Gasteiger partial charge on any atom is 0.519 e. The monoisotopic (exact) mass is 1550 g/mol. The zero-order valence-electron chi connectivity index (χ0n) is 53.2. The van der Waals surface area contributed by atoms with Crippen molar-refractivity contribution in [2.45, 2.75) is 77.0 Å². The Morgan fingerprint density at radius 2 is 0.516 bits per heavy atom. The molecule has 0 spiro atoms. The van der Waals surface area contributed by atoms with Gasteiger partial charge in [0.1, 0.15) is 46.0 Å². The summed E-state index contributed by atoms with van der Waals surface area (Å²) in [6.07, 6.45) is -2.56. The highest BCUT2D eigenvalue weighted by Crippen LogP contribution is 2.48. The molecule has 0 amide bonds. The van der Waals surface area contributed by atoms with Crippen molar-refractivity contribution in [3.63, 3.8) is 0 Å². The molecule has 0 fully saturated rings. The SMILES string of the molecule is CC(C)(c1cc(Br)c(OC(=O)Oc2ccccc2)c(Br)c1)c1cc(Br)c(OC(=O)Oc2ccccc2)c(Br)c1.CC(C)(c1ccc(O)cc1)c1ccc(OC(=O)Oc2ccc(C(C)(C)c3ccc(OP(C)(=O)Oc4ccc(C(C)(C)c5ccc(O)cc5)cc4)cc3)cc2)cc1. The van der Waals surface area contributed by atoms with E-state index in [0.717, 1.165) is 44.5 Å². The zero-order chi connectivity index (χ0) is 68.5. The molecule has 0 aliphatic rings. The van der Waals surface area contributed by atoms with Gasteiger partial charge in [-0.05, 0) is 230 Å². The van der Waals surface area contributed by atoms with E-state index >= 15 is 0 Å². The Bertz CT molecular complexity index is 4220. The number of benzene rings is 10. The predicted molar refractivity (Wildman–Crippen MR) is 382 cm³/mol. The van der Waals surface area contributed by atoms with E-state index in [4.69, 9.17) is 37.5 Å². The Morgan fingerprint density at radius 3 is 0.779 bits per heavy atom. The number of aromatic hydroxyl groups is 2. The van der Waals surface area contributed by atoms with Crippen molar-refractivity contribution in [3.8, 4) is 57.5 Å². The summed E-state index contributed by atoms with van der Waals surface area (Å²) < 4.78 is 59.6. The van der Waals surface area contributed by atoms with Crippen LogP contribution >= 0.6 is 71.3 Å². The Labute approximate surface area is 586 Å². The van der Waals surface area contributed by atoms with Gasteiger partial charge in [-0.3, -0.25) is 0 Å². The van der Waals surface area contributed by atoms with Crippen LogP contribution in [-0.2, 0) is 26.2 Å². The molecule has 95 heavy (non-hydrogen) atoms. The van der Waals surface area contributed by atoms with Crippen molar-refractivity contribution in [3.05, 3.63) is 293 Å². The van der Waals surface area contributed by atoms with Gasteiger partial charge in [0.05, 0.1) is 24.6 Å². The van der Waals surface area contributed by atoms with Crippen LogP contribution in [0.1, 0.15) is 99.9 Å². The predicted octanol–water partition coefficient (Wildman–Crippen LogP) is 22.2. The van der Waals surface area contributed by atoms with Crippen LogP contribution in [0.2, 0.25) is 0 Å². The van der Waals surface area contributed by atoms with E-state index in [1.165, 1.54) is 6.66 Å². The maximum atomic E-state index is 13.4. The largest absolute Gasteiger partial charge is 0.519 e. The summed E-state index contributed by atoms with van der Waals surface area (Å²) in [5, 5.41) is 19.3. The molecule has 0 bridgehead atoms. The van der Waals surface area contributed by atoms with E-state index in [0.29, 0.717) is 63.9 Å². The highest BCUT2D eigenvalue weighted by Gasteiger charge is 2.31. The third kappa shape index (κ3) is 18.0. The van der Waals surface area contributed by atoms with E-state index in [1.54, 1.807) is 121 Å². The summed E-state index contributed by atoms with van der Waals surface area (Å²) in [4.78, 5) is 37.3. The topological polar surface area (TPSA) is 183 Å². The summed E-state index contributed by atoms with van der Waals surface area (Å²) >= 11 is 14.1. The molecule has 10 aromatic rings. The summed E-state index contributed by atoms with van der Waals surface area (Å²) in [6.45, 7) is 18.1. The maximum absolute atomic E-state index is 13.4. The van der Waals surface area contributed by atoms with Crippen molar-refractivity contribution in [2.75, 3.05) is 6.66 Å². The van der Waals surface area contributed by atoms with Crippen LogP contribution in [0.25, 0.3) is 0 Å². The first-order valence-corrected chi connectivity index (χ1v) is 34.9. The molecular formula is C76H67Br4O14P. The number of halogens is 4. The molecule has 10 rings (SSSR count). The van der Waals surface area contributed by atoms with Crippen molar-refractivity contribution in [2.24, 2.45) is 0 Å². The molecule has 0 radical (unpaired) electrons. The first-order valence-electron chi connectivity index (χ1n) is 29.7. The van der Waals surface area contributed by atoms with Gasteiger partial charge in [-0.25, -0.2) is 18.9 Å². The lowest BCUT2D eigenvalue weighted by molar-refractivity contribution is 0.150. The van der Waals surface area contributed by atoms with Crippen LogP contribution in [0.4, 0.5) is 14.4 Å². The molecule has 0 aromatic heterocycles. The van der Waals surface area contributed by atoms with Gasteiger partial charge in [-0.1, -0.05) is 165 Å². The van der Waals surface area contributed by atoms with E-state index in [-0.39, 0.29) is 22.3 Å². The second-order valence-electron chi connectivity index (χ2n) is 24.2. The standard InChI is InChI=1S/C47H47O8P.C29H20Br4O6/c1-45(2,32-8-20-38(48)21-9-32)34-12-24-40(25-13-34)52-44(50)53-41-26-14-35(15-27-41)47(5,6)37-18-30-43(31-19-37)55-56(7,51)54-42-28-16-36(17-29-42)46(3,4)33-10-22-39(49)23-11-33;1-29(2,17-13-21(30)25(22(31)14-17)38-27(34)36-19-9-5-3-6-10-19)18-15-23(32)26(24(33)16-18)39-28(35)37-20-11-7-4-8-12-20/h8-31,48-49H,1-7H3;3-16H,1-2H3. The average molecular weight is 1550 g/mol. The van der Waals surface area contributed by atoms with Crippen molar-refractivity contribution < 1.29 is 66.6 Å². The third-order valence-electron chi connectivity index (χ3n) is 16.1. The highest BCUT2D eigenvalue weighted by atomic mass is 79.9. The minimum absolute atomic E-state index is 0.216. The number of phenolic OH excluding ortho intramolecular Hbond substituents is 2. The lowest BCUT2D eigenvalue weighted by Gasteiger charge is -2.28. The first kappa shape index (κ1) is 70.7. The fraction of sp³-hybridized carbons (Fsp3) is 0.171. The molecule has 2 N–H and O–H groups in total. The van der Waals surface area contributed by atoms with Crippen LogP contribution in [0, 0.1) is 0 Å². The van der Waals surface area contributed by atoms with Crippen molar-refractivity contribution in [1.29, 1.82) is 0 Å². The van der Waals surface area contributed by atoms with Gasteiger partial charge in [-0.2, -0.15) is 0 Å². The Morgan fingerprint density at radius 1 is 0.305 bits per heavy atom. The minimum atomic E-state index is -3.52. The smallest absolute Gasteiger partial charge is 0.508 e. The van der Waals surface area contributed by atoms with Crippen molar-refractivity contribution >= 4 is 89.8 Å². The van der Waals surface area contributed by atoms with Crippen LogP contribution in [0.5, 0.6) is 57.5 Å². The Hall–Kier alpha value is -8.64. The number of hydrogen-bond acceptors (Lipinski definition) is 14. The summed E-state index contributed by atoms with van der Waals surface area (Å²) in [5.41, 5.74) is 6.40. The molecule has 14 nitrogen and oxygen atoms in total. The summed E-state index contributed by atoms with van der Waals surface area (Å²) in [7, 11) is -3.52. The van der Waals surface area contributed by atoms with Gasteiger partial charge in [-0.15, -0.1) is 0 Å². The van der Waals surface area contributed by atoms with Crippen LogP contribution in [0.3, 0.4) is 0 Å². The second-order valence-corrected chi connectivity index (χ2v) is 29.5. The minimum Gasteiger partial charge on any atom is -0.508 e. The molecule has 488 valence electrons. The lowest BCUT2D eigenvalue weighted by Crippen LogP contribution is -2.20. The molecule has 0 aliphatic carbocycles. The molecule has 1 atom stereocenters. The van der Waals surface area contributed by atoms with Crippen LogP contribution in [0.15, 0.2) is 248 Å². The number of hydrogen-bond donors (Lipinski definition) is 2. The van der Waals surface area contributed by atoms with Gasteiger partial charge < -0.3 is 47.7 Å². The summed E-state index contributed by atoms with van der Waals surface area (Å²) in [6, 6.07) is 68.5. The highest BCUT2D eigenvalue weighted by molar-refractivity contribution is 9.11. The number of carbonyl (C=O) groups excluding carboxylic acids is 3. The Balaban J connectivity index is 0.000000238. The molecule has 0 aliphatic heterocycles. The van der Waals surface area contributed by atoms with Gasteiger partial charge in [0.25, 0.3) is 0 Å². The number of phenols is 2.